The third kappa shape index (κ3) is 3.93. The number of alkyl halides is 19. The minimum atomic E-state index is -9.02. The molecule has 0 heterocycles. The molecule has 0 aromatic carbocycles. The van der Waals surface area contributed by atoms with Crippen molar-refractivity contribution >= 4 is 5.97 Å². The van der Waals surface area contributed by atoms with Gasteiger partial charge in [-0.25, -0.2) is 4.79 Å². The number of rotatable bonds is 9. The zero-order chi connectivity index (χ0) is 27.5. The molecule has 0 saturated carbocycles. The second-order valence-electron chi connectivity index (χ2n) is 5.66. The van der Waals surface area contributed by atoms with Gasteiger partial charge < -0.3 is 4.74 Å². The van der Waals surface area contributed by atoms with Crippen LogP contribution in [0.4, 0.5) is 83.4 Å². The lowest BCUT2D eigenvalue weighted by Crippen LogP contribution is -2.76. The molecule has 0 atom stereocenters. The van der Waals surface area contributed by atoms with Gasteiger partial charge in [-0.1, -0.05) is 6.58 Å². The quantitative estimate of drug-likeness (QED) is 0.195. The Labute approximate surface area is 166 Å². The summed E-state index contributed by atoms with van der Waals surface area (Å²) >= 11 is 0. The third-order valence-electron chi connectivity index (χ3n) is 3.48. The molecule has 2 nitrogen and oxygen atoms in total. The van der Waals surface area contributed by atoms with Crippen LogP contribution in [-0.2, 0) is 9.53 Å². The zero-order valence-electron chi connectivity index (χ0n) is 14.3. The second kappa shape index (κ2) is 7.70. The molecule has 0 aromatic heterocycles. The lowest BCUT2D eigenvalue weighted by Gasteiger charge is -2.43. The first-order valence-electron chi connectivity index (χ1n) is 6.90. The number of hydrogen-bond donors (Lipinski definition) is 0. The first-order chi connectivity index (χ1) is 14.0. The van der Waals surface area contributed by atoms with Crippen LogP contribution in [-0.4, -0.2) is 59.7 Å². The van der Waals surface area contributed by atoms with Gasteiger partial charge in [0.1, 0.15) is 0 Å². The molecule has 0 unspecified atom stereocenters. The Morgan fingerprint density at radius 1 is 0.485 bits per heavy atom. The minimum absolute atomic E-state index is 0.539. The van der Waals surface area contributed by atoms with Gasteiger partial charge in [-0.3, -0.25) is 0 Å². The Balaban J connectivity index is 6.88. The molecular formula is C12H3F19O2. The Morgan fingerprint density at radius 3 is 0.970 bits per heavy atom. The van der Waals surface area contributed by atoms with E-state index in [1.54, 1.807) is 0 Å². The van der Waals surface area contributed by atoms with Gasteiger partial charge in [-0.15, -0.1) is 0 Å². The van der Waals surface area contributed by atoms with E-state index in [1.807, 2.05) is 0 Å². The Hall–Kier alpha value is -2.12. The summed E-state index contributed by atoms with van der Waals surface area (Å²) in [5, 5.41) is 0. The molecule has 0 aliphatic carbocycles. The summed E-state index contributed by atoms with van der Waals surface area (Å²) in [6.45, 7) is 2.23. The van der Waals surface area contributed by atoms with Crippen LogP contribution >= 0.6 is 0 Å². The van der Waals surface area contributed by atoms with Crippen LogP contribution in [0.25, 0.3) is 0 Å². The van der Waals surface area contributed by atoms with Crippen molar-refractivity contribution in [3.8, 4) is 0 Å². The monoisotopic (exact) mass is 540 g/mol. The molecule has 0 aliphatic rings. The van der Waals surface area contributed by atoms with Gasteiger partial charge in [0.25, 0.3) is 0 Å². The summed E-state index contributed by atoms with van der Waals surface area (Å²) in [4.78, 5) is 10.4. The van der Waals surface area contributed by atoms with Crippen molar-refractivity contribution in [3.63, 3.8) is 0 Å². The highest BCUT2D eigenvalue weighted by Gasteiger charge is 2.97. The highest BCUT2D eigenvalue weighted by Crippen LogP contribution is 2.65. The van der Waals surface area contributed by atoms with Crippen molar-refractivity contribution in [2.45, 2.75) is 53.7 Å². The lowest BCUT2D eigenvalue weighted by atomic mass is 9.88. The fourth-order valence-electron chi connectivity index (χ4n) is 1.58. The topological polar surface area (TPSA) is 26.3 Å². The maximum Gasteiger partial charge on any atom is 0.473 e. The Bertz CT molecular complexity index is 761. The molecule has 196 valence electrons. The van der Waals surface area contributed by atoms with Crippen molar-refractivity contribution in [1.82, 2.24) is 0 Å². The van der Waals surface area contributed by atoms with Crippen LogP contribution in [0.2, 0.25) is 0 Å². The molecule has 0 aromatic rings. The van der Waals surface area contributed by atoms with Crippen molar-refractivity contribution in [2.75, 3.05) is 0 Å². The fraction of sp³-hybridized carbons (Fsp3) is 0.750. The summed E-state index contributed by atoms with van der Waals surface area (Å²) in [5.74, 6) is -63.8. The van der Waals surface area contributed by atoms with E-state index in [0.29, 0.717) is 0 Å². The fourth-order valence-corrected chi connectivity index (χ4v) is 1.58. The Kier molecular flexibility index (Phi) is 7.21. The van der Waals surface area contributed by atoms with Crippen molar-refractivity contribution < 1.29 is 92.9 Å². The number of hydrogen-bond acceptors (Lipinski definition) is 2. The number of esters is 1. The minimum Gasteiger partial charge on any atom is -0.393 e. The van der Waals surface area contributed by atoms with E-state index >= 15 is 0 Å². The molecule has 0 bridgehead atoms. The van der Waals surface area contributed by atoms with Crippen molar-refractivity contribution in [2.24, 2.45) is 0 Å². The average molecular weight is 540 g/mol. The highest BCUT2D eigenvalue weighted by atomic mass is 19.4. The van der Waals surface area contributed by atoms with Crippen LogP contribution in [0, 0.1) is 0 Å². The molecule has 33 heavy (non-hydrogen) atoms. The number of ether oxygens (including phenoxy) is 1. The van der Waals surface area contributed by atoms with Gasteiger partial charge in [-0.05, 0) is 0 Å². The van der Waals surface area contributed by atoms with E-state index in [0.717, 1.165) is 0 Å². The summed E-state index contributed by atoms with van der Waals surface area (Å²) in [6, 6.07) is 0. The SMILES string of the molecule is C=CC(=O)OC(F)(F)C(F)(F)C(F)(F)C(F)(F)C(F)(F)C(F)(F)C(F)(F)C(F)(F)C(F)(F)F. The predicted octanol–water partition coefficient (Wildman–Crippen LogP) is 6.32. The summed E-state index contributed by atoms with van der Waals surface area (Å²) in [5.41, 5.74) is 0. The second-order valence-corrected chi connectivity index (χ2v) is 5.66. The molecule has 0 saturated heterocycles. The summed E-state index contributed by atoms with van der Waals surface area (Å²) in [7, 11) is 0. The highest BCUT2D eigenvalue weighted by molar-refractivity contribution is 5.81. The zero-order valence-corrected chi connectivity index (χ0v) is 14.3. The average Bonchev–Trinajstić information content (AvgIpc) is 2.58. The van der Waals surface area contributed by atoms with Crippen LogP contribution < -0.4 is 0 Å². The van der Waals surface area contributed by atoms with Gasteiger partial charge in [0.05, 0.1) is 0 Å². The van der Waals surface area contributed by atoms with Crippen LogP contribution in [0.1, 0.15) is 0 Å². The molecule has 0 amide bonds. The first kappa shape index (κ1) is 30.9. The maximum atomic E-state index is 13.3. The van der Waals surface area contributed by atoms with E-state index in [-0.39, 0.29) is 0 Å². The van der Waals surface area contributed by atoms with Gasteiger partial charge >= 0.3 is 59.7 Å². The number of carbonyl (C=O) groups is 1. The molecule has 0 N–H and O–H groups in total. The molecular weight excluding hydrogens is 537 g/mol. The molecule has 0 aliphatic heterocycles. The molecule has 21 heteroatoms. The maximum absolute atomic E-state index is 13.3. The smallest absolute Gasteiger partial charge is 0.393 e. The van der Waals surface area contributed by atoms with Crippen molar-refractivity contribution in [3.05, 3.63) is 12.7 Å². The standard InChI is InChI=1S/C12H3F19O2/c1-2-3(32)33-12(30,31)10(25,26)8(21,22)6(17,18)4(13,14)5(15,16)7(19,20)9(23,24)11(27,28)29/h2H,1H2. The third-order valence-corrected chi connectivity index (χ3v) is 3.48. The molecule has 0 radical (unpaired) electrons. The largest absolute Gasteiger partial charge is 0.473 e. The van der Waals surface area contributed by atoms with E-state index < -0.39 is 65.8 Å². The van der Waals surface area contributed by atoms with Gasteiger partial charge in [0.15, 0.2) is 0 Å². The predicted molar refractivity (Wildman–Crippen MR) is 61.9 cm³/mol. The van der Waals surface area contributed by atoms with E-state index in [2.05, 4.69) is 11.3 Å². The van der Waals surface area contributed by atoms with Crippen LogP contribution in [0.5, 0.6) is 0 Å². The van der Waals surface area contributed by atoms with E-state index in [9.17, 15) is 88.2 Å². The van der Waals surface area contributed by atoms with Gasteiger partial charge in [0.2, 0.25) is 0 Å². The van der Waals surface area contributed by atoms with E-state index in [4.69, 9.17) is 0 Å². The van der Waals surface area contributed by atoms with Gasteiger partial charge in [0, 0.05) is 6.08 Å². The summed E-state index contributed by atoms with van der Waals surface area (Å²) in [6.07, 6.45) is -15.8. The van der Waals surface area contributed by atoms with Gasteiger partial charge in [-0.2, -0.15) is 83.4 Å². The molecule has 0 rings (SSSR count). The molecule has 0 spiro atoms. The number of halogens is 19. The van der Waals surface area contributed by atoms with E-state index in [1.165, 1.54) is 0 Å². The normalized spacial score (nSPS) is 16.0. The Morgan fingerprint density at radius 2 is 0.727 bits per heavy atom. The first-order valence-corrected chi connectivity index (χ1v) is 6.90. The van der Waals surface area contributed by atoms with Crippen molar-refractivity contribution in [1.29, 1.82) is 0 Å². The van der Waals surface area contributed by atoms with Crippen LogP contribution in [0.15, 0.2) is 12.7 Å². The lowest BCUT2D eigenvalue weighted by molar-refractivity contribution is -0.478. The van der Waals surface area contributed by atoms with Crippen LogP contribution in [0.3, 0.4) is 0 Å². The molecule has 0 fully saturated rings. The summed E-state index contributed by atoms with van der Waals surface area (Å²) < 4.78 is 247. The number of carbonyl (C=O) groups excluding carboxylic acids is 1.